The summed E-state index contributed by atoms with van der Waals surface area (Å²) in [4.78, 5) is 16.2. The number of rotatable bonds is 1. The Labute approximate surface area is 99.9 Å². The van der Waals surface area contributed by atoms with Gasteiger partial charge in [-0.3, -0.25) is 4.99 Å². The maximum Gasteiger partial charge on any atom is 0.342 e. The summed E-state index contributed by atoms with van der Waals surface area (Å²) in [7, 11) is 1.30. The van der Waals surface area contributed by atoms with Gasteiger partial charge in [0.15, 0.2) is 0 Å². The van der Waals surface area contributed by atoms with Crippen molar-refractivity contribution in [3.63, 3.8) is 0 Å². The van der Waals surface area contributed by atoms with Gasteiger partial charge in [0, 0.05) is 16.7 Å². The zero-order valence-electron chi connectivity index (χ0n) is 10.4. The predicted molar refractivity (Wildman–Crippen MR) is 65.2 cm³/mol. The van der Waals surface area contributed by atoms with Crippen molar-refractivity contribution in [2.45, 2.75) is 26.2 Å². The van der Waals surface area contributed by atoms with Gasteiger partial charge in [-0.05, 0) is 19.1 Å². The Morgan fingerprint density at radius 2 is 2.06 bits per heavy atom. The Kier molecular flexibility index (Phi) is 2.45. The van der Waals surface area contributed by atoms with Gasteiger partial charge in [-0.1, -0.05) is 13.8 Å². The molecule has 1 aromatic rings. The van der Waals surface area contributed by atoms with E-state index in [1.54, 1.807) is 6.07 Å². The van der Waals surface area contributed by atoms with Crippen LogP contribution in [0.2, 0.25) is 0 Å². The minimum absolute atomic E-state index is 0.0615. The first-order chi connectivity index (χ1) is 7.89. The number of fused-ring (bicyclic) bond motifs is 1. The SMILES string of the molecule is COC(=O)c1c(O)ccc2c1C(C)(C)C(C)=N2. The normalized spacial score (nSPS) is 16.4. The largest absolute Gasteiger partial charge is 0.507 e. The topological polar surface area (TPSA) is 58.9 Å². The van der Waals surface area contributed by atoms with Crippen LogP contribution in [0.4, 0.5) is 5.69 Å². The average molecular weight is 233 g/mol. The fraction of sp³-hybridized carbons (Fsp3) is 0.385. The van der Waals surface area contributed by atoms with E-state index in [-0.39, 0.29) is 16.7 Å². The fourth-order valence-electron chi connectivity index (χ4n) is 2.12. The maximum atomic E-state index is 11.8. The molecule has 0 bridgehead atoms. The number of phenolic OH excluding ortho intramolecular Hbond substituents is 1. The number of methoxy groups -OCH3 is 1. The van der Waals surface area contributed by atoms with Gasteiger partial charge < -0.3 is 9.84 Å². The third-order valence-corrected chi connectivity index (χ3v) is 3.37. The lowest BCUT2D eigenvalue weighted by molar-refractivity contribution is 0.0595. The van der Waals surface area contributed by atoms with Gasteiger partial charge in [0.25, 0.3) is 0 Å². The van der Waals surface area contributed by atoms with E-state index < -0.39 is 5.97 Å². The highest BCUT2D eigenvalue weighted by atomic mass is 16.5. The second-order valence-electron chi connectivity index (χ2n) is 4.67. The molecule has 0 spiro atoms. The number of phenols is 1. The van der Waals surface area contributed by atoms with E-state index in [1.165, 1.54) is 13.2 Å². The first-order valence-electron chi connectivity index (χ1n) is 5.40. The van der Waals surface area contributed by atoms with E-state index in [0.717, 1.165) is 17.0 Å². The molecule has 0 saturated carbocycles. The van der Waals surface area contributed by atoms with Crippen LogP contribution in [-0.2, 0) is 10.2 Å². The van der Waals surface area contributed by atoms with E-state index in [9.17, 15) is 9.90 Å². The molecule has 17 heavy (non-hydrogen) atoms. The first kappa shape index (κ1) is 11.6. The number of esters is 1. The van der Waals surface area contributed by atoms with E-state index in [2.05, 4.69) is 4.99 Å². The van der Waals surface area contributed by atoms with Crippen molar-refractivity contribution in [3.05, 3.63) is 23.3 Å². The summed E-state index contributed by atoms with van der Waals surface area (Å²) in [5, 5.41) is 9.84. The van der Waals surface area contributed by atoms with Crippen LogP contribution in [0.1, 0.15) is 36.7 Å². The van der Waals surface area contributed by atoms with Crippen molar-refractivity contribution in [1.82, 2.24) is 0 Å². The molecular weight excluding hydrogens is 218 g/mol. The Hall–Kier alpha value is -1.84. The number of carbonyl (C=O) groups is 1. The molecular formula is C13H15NO3. The maximum absolute atomic E-state index is 11.8. The molecule has 4 heteroatoms. The summed E-state index contributed by atoms with van der Waals surface area (Å²) in [6.07, 6.45) is 0. The van der Waals surface area contributed by atoms with Crippen molar-refractivity contribution in [2.24, 2.45) is 4.99 Å². The molecule has 1 N–H and O–H groups in total. The lowest BCUT2D eigenvalue weighted by atomic mass is 9.79. The number of hydrogen-bond acceptors (Lipinski definition) is 4. The average Bonchev–Trinajstić information content (AvgIpc) is 2.50. The Morgan fingerprint density at radius 1 is 1.41 bits per heavy atom. The van der Waals surface area contributed by atoms with E-state index in [1.807, 2.05) is 20.8 Å². The second kappa shape index (κ2) is 3.58. The summed E-state index contributed by atoms with van der Waals surface area (Å²) >= 11 is 0. The molecule has 4 nitrogen and oxygen atoms in total. The molecule has 0 aliphatic carbocycles. The monoisotopic (exact) mass is 233 g/mol. The smallest absolute Gasteiger partial charge is 0.342 e. The van der Waals surface area contributed by atoms with Crippen molar-refractivity contribution in [3.8, 4) is 5.75 Å². The predicted octanol–water partition coefficient (Wildman–Crippen LogP) is 2.56. The molecule has 0 saturated heterocycles. The molecule has 1 aliphatic heterocycles. The quantitative estimate of drug-likeness (QED) is 0.758. The van der Waals surface area contributed by atoms with Crippen LogP contribution in [-0.4, -0.2) is 23.9 Å². The van der Waals surface area contributed by atoms with Gasteiger partial charge in [-0.15, -0.1) is 0 Å². The Bertz CT molecular complexity index is 530. The molecule has 0 unspecified atom stereocenters. The Balaban J connectivity index is 2.74. The third kappa shape index (κ3) is 1.52. The molecule has 0 radical (unpaired) electrons. The summed E-state index contributed by atoms with van der Waals surface area (Å²) < 4.78 is 4.72. The van der Waals surface area contributed by atoms with Crippen LogP contribution in [0, 0.1) is 0 Å². The second-order valence-corrected chi connectivity index (χ2v) is 4.67. The van der Waals surface area contributed by atoms with E-state index >= 15 is 0 Å². The molecule has 0 aromatic heterocycles. The number of aliphatic imine (C=N–C) groups is 1. The summed E-state index contributed by atoms with van der Waals surface area (Å²) in [6.45, 7) is 5.87. The standard InChI is InChI=1S/C13H15NO3/c1-7-13(2,3)11-8(14-7)5-6-9(15)10(11)12(16)17-4/h5-6,15H,1-4H3. The molecule has 2 rings (SSSR count). The van der Waals surface area contributed by atoms with Crippen LogP contribution in [0.3, 0.4) is 0 Å². The van der Waals surface area contributed by atoms with Gasteiger partial charge in [-0.2, -0.15) is 0 Å². The minimum atomic E-state index is -0.530. The number of benzene rings is 1. The number of aromatic hydroxyl groups is 1. The molecule has 0 amide bonds. The summed E-state index contributed by atoms with van der Waals surface area (Å²) in [6, 6.07) is 3.19. The zero-order valence-corrected chi connectivity index (χ0v) is 10.4. The van der Waals surface area contributed by atoms with Gasteiger partial charge in [0.05, 0.1) is 12.8 Å². The van der Waals surface area contributed by atoms with E-state index in [0.29, 0.717) is 0 Å². The van der Waals surface area contributed by atoms with Crippen LogP contribution >= 0.6 is 0 Å². The van der Waals surface area contributed by atoms with Gasteiger partial charge in [0.1, 0.15) is 11.3 Å². The molecule has 1 heterocycles. The van der Waals surface area contributed by atoms with Crippen molar-refractivity contribution >= 4 is 17.4 Å². The van der Waals surface area contributed by atoms with Crippen molar-refractivity contribution in [1.29, 1.82) is 0 Å². The van der Waals surface area contributed by atoms with Crippen molar-refractivity contribution in [2.75, 3.05) is 7.11 Å². The van der Waals surface area contributed by atoms with Gasteiger partial charge in [-0.25, -0.2) is 4.79 Å². The van der Waals surface area contributed by atoms with Crippen LogP contribution < -0.4 is 0 Å². The lowest BCUT2D eigenvalue weighted by Gasteiger charge is -2.22. The van der Waals surface area contributed by atoms with Gasteiger partial charge >= 0.3 is 5.97 Å². The van der Waals surface area contributed by atoms with E-state index in [4.69, 9.17) is 4.74 Å². The van der Waals surface area contributed by atoms with Crippen molar-refractivity contribution < 1.29 is 14.6 Å². The highest BCUT2D eigenvalue weighted by molar-refractivity contribution is 6.06. The van der Waals surface area contributed by atoms with Crippen LogP contribution in [0.25, 0.3) is 0 Å². The minimum Gasteiger partial charge on any atom is -0.507 e. The molecule has 0 fully saturated rings. The van der Waals surface area contributed by atoms with Gasteiger partial charge in [0.2, 0.25) is 0 Å². The number of nitrogens with zero attached hydrogens (tertiary/aromatic N) is 1. The molecule has 90 valence electrons. The highest BCUT2D eigenvalue weighted by Crippen LogP contribution is 2.44. The van der Waals surface area contributed by atoms with Crippen LogP contribution in [0.15, 0.2) is 17.1 Å². The molecule has 0 atom stereocenters. The first-order valence-corrected chi connectivity index (χ1v) is 5.40. The van der Waals surface area contributed by atoms with Crippen LogP contribution in [0.5, 0.6) is 5.75 Å². The molecule has 1 aromatic carbocycles. The zero-order chi connectivity index (χ0) is 12.8. The lowest BCUT2D eigenvalue weighted by Crippen LogP contribution is -2.25. The Morgan fingerprint density at radius 3 is 2.65 bits per heavy atom. The highest BCUT2D eigenvalue weighted by Gasteiger charge is 2.37. The fourth-order valence-corrected chi connectivity index (χ4v) is 2.12. The third-order valence-electron chi connectivity index (χ3n) is 3.37. The number of hydrogen-bond donors (Lipinski definition) is 1. The molecule has 1 aliphatic rings. The number of carbonyl (C=O) groups excluding carboxylic acids is 1. The summed E-state index contributed by atoms with van der Waals surface area (Å²) in [5.41, 5.74) is 2.24. The summed E-state index contributed by atoms with van der Waals surface area (Å²) in [5.74, 6) is -0.592. The number of ether oxygens (including phenoxy) is 1.